The van der Waals surface area contributed by atoms with Crippen LogP contribution in [0, 0.1) is 0 Å². The van der Waals surface area contributed by atoms with E-state index in [0.717, 1.165) is 6.42 Å². The van der Waals surface area contributed by atoms with E-state index in [2.05, 4.69) is 0 Å². The van der Waals surface area contributed by atoms with Crippen LogP contribution < -0.4 is 15.4 Å². The zero-order valence-electron chi connectivity index (χ0n) is 11.8. The molecule has 110 valence electrons. The molecule has 1 aliphatic rings. The van der Waals surface area contributed by atoms with Crippen LogP contribution in [0.1, 0.15) is 25.8 Å². The van der Waals surface area contributed by atoms with Crippen LogP contribution >= 0.6 is 0 Å². The van der Waals surface area contributed by atoms with E-state index >= 15 is 0 Å². The average molecular weight is 288 g/mol. The minimum absolute atomic E-state index is 0.0140. The number of carbonyl (C=O) groups is 3. The summed E-state index contributed by atoms with van der Waals surface area (Å²) in [6, 6.07) is 6.28. The molecule has 1 aromatic carbocycles. The maximum Gasteiger partial charge on any atom is 0.328 e. The van der Waals surface area contributed by atoms with Crippen LogP contribution in [-0.2, 0) is 9.59 Å². The van der Waals surface area contributed by atoms with E-state index in [4.69, 9.17) is 4.74 Å². The summed E-state index contributed by atoms with van der Waals surface area (Å²) in [5, 5.41) is 4.07. The van der Waals surface area contributed by atoms with E-state index in [0.29, 0.717) is 11.3 Å². The van der Waals surface area contributed by atoms with Crippen LogP contribution in [0.2, 0.25) is 0 Å². The summed E-state index contributed by atoms with van der Waals surface area (Å²) in [4.78, 5) is 34.4. The van der Waals surface area contributed by atoms with Crippen LogP contribution in [0.5, 0.6) is 5.75 Å². The lowest BCUT2D eigenvalue weighted by molar-refractivity contribution is -0.123. The number of imide groups is 2. The summed E-state index contributed by atoms with van der Waals surface area (Å²) in [5.74, 6) is -0.860. The van der Waals surface area contributed by atoms with Gasteiger partial charge in [-0.2, -0.15) is 0 Å². The fraction of sp³-hybridized carbons (Fsp3) is 0.267. The standard InChI is InChI=1S/C15H16N2O4/c1-3-9(2)21-12-7-5-4-6-10(12)8-11-13(18)16-15(20)17-14(11)19/h4-9H,3H2,1-2H3,(H2,16,17,18,19,20)/t9-/m1/s1. The van der Waals surface area contributed by atoms with E-state index in [1.54, 1.807) is 18.2 Å². The lowest BCUT2D eigenvalue weighted by Crippen LogP contribution is -2.51. The molecule has 2 N–H and O–H groups in total. The van der Waals surface area contributed by atoms with Crippen LogP contribution in [0.3, 0.4) is 0 Å². The quantitative estimate of drug-likeness (QED) is 0.651. The van der Waals surface area contributed by atoms with E-state index in [1.165, 1.54) is 6.08 Å². The van der Waals surface area contributed by atoms with E-state index in [-0.39, 0.29) is 11.7 Å². The minimum Gasteiger partial charge on any atom is -0.490 e. The molecule has 4 amide bonds. The van der Waals surface area contributed by atoms with Gasteiger partial charge in [0.2, 0.25) is 0 Å². The zero-order valence-corrected chi connectivity index (χ0v) is 11.8. The molecule has 1 aromatic rings. The fourth-order valence-electron chi connectivity index (χ4n) is 1.77. The van der Waals surface area contributed by atoms with Crippen molar-refractivity contribution in [1.82, 2.24) is 10.6 Å². The summed E-state index contributed by atoms with van der Waals surface area (Å²) in [6.45, 7) is 3.93. The maximum atomic E-state index is 11.7. The Bertz CT molecular complexity index is 600. The van der Waals surface area contributed by atoms with Crippen molar-refractivity contribution in [1.29, 1.82) is 0 Å². The van der Waals surface area contributed by atoms with Gasteiger partial charge in [0.05, 0.1) is 6.10 Å². The molecule has 0 saturated carbocycles. The first-order valence-corrected chi connectivity index (χ1v) is 6.65. The van der Waals surface area contributed by atoms with E-state index in [9.17, 15) is 14.4 Å². The van der Waals surface area contributed by atoms with Crippen molar-refractivity contribution in [2.45, 2.75) is 26.4 Å². The third-order valence-electron chi connectivity index (χ3n) is 3.07. The molecule has 1 fully saturated rings. The molecule has 21 heavy (non-hydrogen) atoms. The van der Waals surface area contributed by atoms with Crippen molar-refractivity contribution in [3.63, 3.8) is 0 Å². The number of para-hydroxylation sites is 1. The van der Waals surface area contributed by atoms with Crippen molar-refractivity contribution in [2.75, 3.05) is 0 Å². The highest BCUT2D eigenvalue weighted by Gasteiger charge is 2.27. The predicted molar refractivity (Wildman–Crippen MR) is 76.5 cm³/mol. The lowest BCUT2D eigenvalue weighted by Gasteiger charge is -2.17. The molecule has 0 aromatic heterocycles. The van der Waals surface area contributed by atoms with Crippen LogP contribution in [0.4, 0.5) is 4.79 Å². The molecule has 1 saturated heterocycles. The summed E-state index contributed by atoms with van der Waals surface area (Å²) in [6.07, 6.45) is 2.26. The van der Waals surface area contributed by atoms with E-state index in [1.807, 2.05) is 30.5 Å². The largest absolute Gasteiger partial charge is 0.490 e. The second-order valence-electron chi connectivity index (χ2n) is 4.67. The monoisotopic (exact) mass is 288 g/mol. The van der Waals surface area contributed by atoms with Gasteiger partial charge in [0, 0.05) is 5.56 Å². The lowest BCUT2D eigenvalue weighted by atomic mass is 10.1. The van der Waals surface area contributed by atoms with Gasteiger partial charge < -0.3 is 4.74 Å². The van der Waals surface area contributed by atoms with Crippen molar-refractivity contribution in [3.05, 3.63) is 35.4 Å². The Kier molecular flexibility index (Phi) is 4.37. The van der Waals surface area contributed by atoms with Gasteiger partial charge in [0.25, 0.3) is 11.8 Å². The van der Waals surface area contributed by atoms with Gasteiger partial charge in [-0.3, -0.25) is 20.2 Å². The van der Waals surface area contributed by atoms with Gasteiger partial charge in [-0.25, -0.2) is 4.79 Å². The zero-order chi connectivity index (χ0) is 15.4. The number of nitrogens with one attached hydrogen (secondary N) is 2. The van der Waals surface area contributed by atoms with Gasteiger partial charge in [0.1, 0.15) is 11.3 Å². The number of benzene rings is 1. The predicted octanol–water partition coefficient (Wildman–Crippen LogP) is 1.61. The third kappa shape index (κ3) is 3.47. The van der Waals surface area contributed by atoms with Crippen molar-refractivity contribution >= 4 is 23.9 Å². The molecule has 1 heterocycles. The first-order chi connectivity index (χ1) is 10.0. The molecular weight excluding hydrogens is 272 g/mol. The number of amides is 4. The highest BCUT2D eigenvalue weighted by molar-refractivity contribution is 6.31. The number of barbiturate groups is 1. The van der Waals surface area contributed by atoms with Crippen LogP contribution in [0.15, 0.2) is 29.8 Å². The molecule has 0 unspecified atom stereocenters. The summed E-state index contributed by atoms with van der Waals surface area (Å²) >= 11 is 0. The minimum atomic E-state index is -0.814. The first-order valence-electron chi connectivity index (χ1n) is 6.65. The number of rotatable bonds is 4. The Labute approximate surface area is 122 Å². The molecule has 0 spiro atoms. The highest BCUT2D eigenvalue weighted by Crippen LogP contribution is 2.23. The van der Waals surface area contributed by atoms with Crippen LogP contribution in [-0.4, -0.2) is 23.9 Å². The summed E-state index contributed by atoms with van der Waals surface area (Å²) in [5.41, 5.74) is 0.474. The molecule has 6 nitrogen and oxygen atoms in total. The molecule has 1 aliphatic heterocycles. The second-order valence-corrected chi connectivity index (χ2v) is 4.67. The maximum absolute atomic E-state index is 11.7. The summed E-state index contributed by atoms with van der Waals surface area (Å²) < 4.78 is 5.75. The fourth-order valence-corrected chi connectivity index (χ4v) is 1.77. The van der Waals surface area contributed by atoms with Crippen molar-refractivity contribution in [3.8, 4) is 5.75 Å². The SMILES string of the molecule is CC[C@@H](C)Oc1ccccc1C=C1C(=O)NC(=O)NC1=O. The number of hydrogen-bond donors (Lipinski definition) is 2. The van der Waals surface area contributed by atoms with Crippen molar-refractivity contribution < 1.29 is 19.1 Å². The number of carbonyl (C=O) groups excluding carboxylic acids is 3. The van der Waals surface area contributed by atoms with Crippen molar-refractivity contribution in [2.24, 2.45) is 0 Å². The van der Waals surface area contributed by atoms with Gasteiger partial charge in [-0.15, -0.1) is 0 Å². The molecule has 6 heteroatoms. The second kappa shape index (κ2) is 6.21. The Balaban J connectivity index is 2.34. The molecule has 2 rings (SSSR count). The Hall–Kier alpha value is -2.63. The molecule has 0 bridgehead atoms. The normalized spacial score (nSPS) is 16.1. The Morgan fingerprint density at radius 3 is 2.38 bits per heavy atom. The topological polar surface area (TPSA) is 84.5 Å². The summed E-state index contributed by atoms with van der Waals surface area (Å²) in [7, 11) is 0. The highest BCUT2D eigenvalue weighted by atomic mass is 16.5. The van der Waals surface area contributed by atoms with Gasteiger partial charge in [-0.05, 0) is 25.5 Å². The van der Waals surface area contributed by atoms with E-state index < -0.39 is 17.8 Å². The number of hydrogen-bond acceptors (Lipinski definition) is 4. The Morgan fingerprint density at radius 2 is 1.76 bits per heavy atom. The van der Waals surface area contributed by atoms with Gasteiger partial charge in [-0.1, -0.05) is 25.1 Å². The Morgan fingerprint density at radius 1 is 1.14 bits per heavy atom. The molecular formula is C15H16N2O4. The third-order valence-corrected chi connectivity index (χ3v) is 3.07. The van der Waals surface area contributed by atoms with Crippen LogP contribution in [0.25, 0.3) is 6.08 Å². The number of urea groups is 1. The van der Waals surface area contributed by atoms with Gasteiger partial charge >= 0.3 is 6.03 Å². The molecule has 0 radical (unpaired) electrons. The number of ether oxygens (including phenoxy) is 1. The average Bonchev–Trinajstić information content (AvgIpc) is 2.44. The van der Waals surface area contributed by atoms with Gasteiger partial charge in [0.15, 0.2) is 0 Å². The smallest absolute Gasteiger partial charge is 0.328 e. The first kappa shape index (κ1) is 14.8. The molecule has 0 aliphatic carbocycles. The molecule has 1 atom stereocenters.